The fourth-order valence-electron chi connectivity index (χ4n) is 1.99. The first-order valence-electron chi connectivity index (χ1n) is 7.39. The minimum absolute atomic E-state index is 0. The van der Waals surface area contributed by atoms with Gasteiger partial charge in [-0.3, -0.25) is 0 Å². The molecule has 0 radical (unpaired) electrons. The van der Waals surface area contributed by atoms with E-state index >= 15 is 0 Å². The molecule has 1 aromatic carbocycles. The maximum Gasteiger partial charge on any atom is 0.191 e. The third-order valence-corrected chi connectivity index (χ3v) is 3.05. The number of hydrogen-bond acceptors (Lipinski definition) is 4. The van der Waals surface area contributed by atoms with Crippen LogP contribution in [0.5, 0.6) is 11.5 Å². The van der Waals surface area contributed by atoms with Crippen molar-refractivity contribution in [1.29, 1.82) is 0 Å². The average Bonchev–Trinajstić information content (AvgIpc) is 2.52. The second-order valence-electron chi connectivity index (χ2n) is 4.87. The van der Waals surface area contributed by atoms with Gasteiger partial charge in [0.25, 0.3) is 0 Å². The van der Waals surface area contributed by atoms with Gasteiger partial charge in [-0.05, 0) is 26.0 Å². The molecule has 0 aromatic heterocycles. The summed E-state index contributed by atoms with van der Waals surface area (Å²) in [6.45, 7) is 6.01. The molecule has 1 rings (SSSR count). The van der Waals surface area contributed by atoms with Crippen LogP contribution in [0.15, 0.2) is 23.2 Å². The molecule has 2 N–H and O–H groups in total. The van der Waals surface area contributed by atoms with Crippen LogP contribution in [0, 0.1) is 0 Å². The SMILES string of the molecule is CCNC(=NCc1ccc(OC)cc1OC)NC(C)COC.I. The molecular weight excluding hydrogens is 409 g/mol. The number of halogens is 1. The zero-order valence-electron chi connectivity index (χ0n) is 14.5. The number of guanidine groups is 1. The van der Waals surface area contributed by atoms with E-state index in [1.54, 1.807) is 21.3 Å². The summed E-state index contributed by atoms with van der Waals surface area (Å²) in [5, 5.41) is 6.52. The maximum atomic E-state index is 5.39. The van der Waals surface area contributed by atoms with Crippen LogP contribution in [-0.4, -0.2) is 46.5 Å². The van der Waals surface area contributed by atoms with Gasteiger partial charge in [0.15, 0.2) is 5.96 Å². The normalized spacial score (nSPS) is 12.1. The highest BCUT2D eigenvalue weighted by Crippen LogP contribution is 2.25. The second-order valence-corrected chi connectivity index (χ2v) is 4.87. The van der Waals surface area contributed by atoms with Crippen LogP contribution in [0.3, 0.4) is 0 Å². The molecule has 0 aliphatic carbocycles. The van der Waals surface area contributed by atoms with Crippen LogP contribution in [0.4, 0.5) is 0 Å². The van der Waals surface area contributed by atoms with E-state index in [0.29, 0.717) is 13.2 Å². The molecule has 0 saturated carbocycles. The number of ether oxygens (including phenoxy) is 3. The molecule has 6 nitrogen and oxygen atoms in total. The lowest BCUT2D eigenvalue weighted by Crippen LogP contribution is -2.43. The summed E-state index contributed by atoms with van der Waals surface area (Å²) in [7, 11) is 4.97. The number of nitrogens with zero attached hydrogens (tertiary/aromatic N) is 1. The van der Waals surface area contributed by atoms with Gasteiger partial charge in [-0.2, -0.15) is 0 Å². The van der Waals surface area contributed by atoms with E-state index in [2.05, 4.69) is 15.6 Å². The molecule has 0 heterocycles. The second kappa shape index (κ2) is 12.2. The van der Waals surface area contributed by atoms with Crippen LogP contribution in [0.2, 0.25) is 0 Å². The van der Waals surface area contributed by atoms with Gasteiger partial charge < -0.3 is 24.8 Å². The zero-order chi connectivity index (χ0) is 16.4. The van der Waals surface area contributed by atoms with E-state index in [1.807, 2.05) is 32.0 Å². The summed E-state index contributed by atoms with van der Waals surface area (Å²) in [5.74, 6) is 2.29. The molecule has 132 valence electrons. The van der Waals surface area contributed by atoms with Crippen LogP contribution in [0.1, 0.15) is 19.4 Å². The van der Waals surface area contributed by atoms with Gasteiger partial charge in [-0.1, -0.05) is 0 Å². The van der Waals surface area contributed by atoms with Gasteiger partial charge >= 0.3 is 0 Å². The van der Waals surface area contributed by atoms with Gasteiger partial charge in [-0.25, -0.2) is 4.99 Å². The number of methoxy groups -OCH3 is 3. The standard InChI is InChI=1S/C16H27N3O3.HI/c1-6-17-16(19-12(2)11-20-3)18-10-13-7-8-14(21-4)9-15(13)22-5;/h7-9,12H,6,10-11H2,1-5H3,(H2,17,18,19);1H. The lowest BCUT2D eigenvalue weighted by atomic mass is 10.2. The van der Waals surface area contributed by atoms with Crippen molar-refractivity contribution in [3.05, 3.63) is 23.8 Å². The lowest BCUT2D eigenvalue weighted by molar-refractivity contribution is 0.179. The van der Waals surface area contributed by atoms with Crippen LogP contribution in [-0.2, 0) is 11.3 Å². The molecule has 1 atom stereocenters. The van der Waals surface area contributed by atoms with Crippen LogP contribution >= 0.6 is 24.0 Å². The van der Waals surface area contributed by atoms with Gasteiger partial charge in [0.05, 0.1) is 27.4 Å². The lowest BCUT2D eigenvalue weighted by Gasteiger charge is -2.17. The van der Waals surface area contributed by atoms with Crippen molar-refractivity contribution >= 4 is 29.9 Å². The highest BCUT2D eigenvalue weighted by Gasteiger charge is 2.07. The van der Waals surface area contributed by atoms with Crippen molar-refractivity contribution in [3.63, 3.8) is 0 Å². The summed E-state index contributed by atoms with van der Waals surface area (Å²) in [6.07, 6.45) is 0. The predicted molar refractivity (Wildman–Crippen MR) is 104 cm³/mol. The molecule has 0 aliphatic heterocycles. The van der Waals surface area contributed by atoms with E-state index in [4.69, 9.17) is 14.2 Å². The van der Waals surface area contributed by atoms with Gasteiger partial charge in [-0.15, -0.1) is 24.0 Å². The zero-order valence-corrected chi connectivity index (χ0v) is 16.8. The number of hydrogen-bond donors (Lipinski definition) is 2. The Kier molecular flexibility index (Phi) is 11.6. The number of rotatable bonds is 8. The van der Waals surface area contributed by atoms with E-state index in [0.717, 1.165) is 29.6 Å². The summed E-state index contributed by atoms with van der Waals surface area (Å²) < 4.78 is 15.7. The minimum Gasteiger partial charge on any atom is -0.497 e. The topological polar surface area (TPSA) is 64.1 Å². The van der Waals surface area contributed by atoms with E-state index in [9.17, 15) is 0 Å². The van der Waals surface area contributed by atoms with E-state index in [-0.39, 0.29) is 30.0 Å². The van der Waals surface area contributed by atoms with Crippen LogP contribution < -0.4 is 20.1 Å². The first kappa shape index (κ1) is 21.8. The highest BCUT2D eigenvalue weighted by molar-refractivity contribution is 14.0. The van der Waals surface area contributed by atoms with Crippen molar-refractivity contribution in [2.75, 3.05) is 34.5 Å². The molecule has 0 fully saturated rings. The summed E-state index contributed by atoms with van der Waals surface area (Å²) >= 11 is 0. The third-order valence-electron chi connectivity index (χ3n) is 3.05. The first-order valence-corrected chi connectivity index (χ1v) is 7.39. The summed E-state index contributed by atoms with van der Waals surface area (Å²) in [4.78, 5) is 4.59. The fraction of sp³-hybridized carbons (Fsp3) is 0.562. The molecular formula is C16H28IN3O3. The monoisotopic (exact) mass is 437 g/mol. The molecule has 1 unspecified atom stereocenters. The Morgan fingerprint density at radius 1 is 1.22 bits per heavy atom. The smallest absolute Gasteiger partial charge is 0.191 e. The minimum atomic E-state index is 0. The maximum absolute atomic E-state index is 5.39. The Morgan fingerprint density at radius 2 is 1.96 bits per heavy atom. The fourth-order valence-corrected chi connectivity index (χ4v) is 1.99. The Hall–Kier alpha value is -1.22. The van der Waals surface area contributed by atoms with Crippen molar-refractivity contribution in [2.24, 2.45) is 4.99 Å². The largest absolute Gasteiger partial charge is 0.497 e. The van der Waals surface area contributed by atoms with Crippen molar-refractivity contribution in [1.82, 2.24) is 10.6 Å². The van der Waals surface area contributed by atoms with Gasteiger partial charge in [0.1, 0.15) is 11.5 Å². The Balaban J connectivity index is 0.00000484. The molecule has 7 heteroatoms. The van der Waals surface area contributed by atoms with E-state index < -0.39 is 0 Å². The third kappa shape index (κ3) is 7.74. The van der Waals surface area contributed by atoms with Crippen molar-refractivity contribution < 1.29 is 14.2 Å². The van der Waals surface area contributed by atoms with Gasteiger partial charge in [0, 0.05) is 31.3 Å². The Morgan fingerprint density at radius 3 is 2.52 bits per heavy atom. The Labute approximate surface area is 156 Å². The molecule has 0 amide bonds. The number of nitrogens with one attached hydrogen (secondary N) is 2. The summed E-state index contributed by atoms with van der Waals surface area (Å²) in [5.41, 5.74) is 1.000. The number of aliphatic imine (C=N–C) groups is 1. The van der Waals surface area contributed by atoms with Crippen molar-refractivity contribution in [3.8, 4) is 11.5 Å². The van der Waals surface area contributed by atoms with Crippen molar-refractivity contribution in [2.45, 2.75) is 26.4 Å². The predicted octanol–water partition coefficient (Wildman–Crippen LogP) is 2.41. The van der Waals surface area contributed by atoms with Gasteiger partial charge in [0.2, 0.25) is 0 Å². The molecule has 1 aromatic rings. The average molecular weight is 437 g/mol. The molecule has 0 bridgehead atoms. The Bertz CT molecular complexity index is 484. The summed E-state index contributed by atoms with van der Waals surface area (Å²) in [6, 6.07) is 5.91. The van der Waals surface area contributed by atoms with Crippen LogP contribution in [0.25, 0.3) is 0 Å². The highest BCUT2D eigenvalue weighted by atomic mass is 127. The molecule has 23 heavy (non-hydrogen) atoms. The molecule has 0 aliphatic rings. The number of benzene rings is 1. The quantitative estimate of drug-likeness (QED) is 0.372. The molecule has 0 spiro atoms. The first-order chi connectivity index (χ1) is 10.6. The van der Waals surface area contributed by atoms with E-state index in [1.165, 1.54) is 0 Å². The molecule has 0 saturated heterocycles.